The van der Waals surface area contributed by atoms with Crippen molar-refractivity contribution >= 4 is 5.91 Å². The van der Waals surface area contributed by atoms with Crippen LogP contribution < -0.4 is 5.56 Å². The van der Waals surface area contributed by atoms with Crippen LogP contribution >= 0.6 is 0 Å². The van der Waals surface area contributed by atoms with Gasteiger partial charge >= 0.3 is 0 Å². The molecule has 7 heteroatoms. The molecule has 0 spiro atoms. The summed E-state index contributed by atoms with van der Waals surface area (Å²) >= 11 is 0. The third-order valence-electron chi connectivity index (χ3n) is 4.74. The van der Waals surface area contributed by atoms with Crippen molar-refractivity contribution in [2.75, 3.05) is 27.7 Å². The van der Waals surface area contributed by atoms with Gasteiger partial charge in [0.15, 0.2) is 5.82 Å². The van der Waals surface area contributed by atoms with E-state index in [9.17, 15) is 9.59 Å². The van der Waals surface area contributed by atoms with Gasteiger partial charge in [-0.2, -0.15) is 0 Å². The second-order valence-corrected chi connectivity index (χ2v) is 6.91. The smallest absolute Gasteiger partial charge is 0.276 e. The highest BCUT2D eigenvalue weighted by atomic mass is 16.2. The summed E-state index contributed by atoms with van der Waals surface area (Å²) in [6, 6.07) is 5.49. The molecule has 0 bridgehead atoms. The number of rotatable bonds is 5. The largest absolute Gasteiger partial charge is 0.339 e. The number of hydrogen-bond donors (Lipinski definition) is 1. The van der Waals surface area contributed by atoms with Gasteiger partial charge in [-0.15, -0.1) is 0 Å². The Morgan fingerprint density at radius 1 is 1.38 bits per heavy atom. The molecule has 0 saturated heterocycles. The van der Waals surface area contributed by atoms with Gasteiger partial charge in [-0.1, -0.05) is 12.1 Å². The van der Waals surface area contributed by atoms with Crippen molar-refractivity contribution < 1.29 is 4.79 Å². The normalized spacial score (nSPS) is 16.8. The van der Waals surface area contributed by atoms with Crippen LogP contribution in [0, 0.1) is 0 Å². The Kier molecular flexibility index (Phi) is 5.37. The standard InChI is InChI=1S/C19H25N5O2/c1-22(2)12-6-8-18(25)23(3)14-9-10-16-15(13-14)19(26)24(21-16)17-7-4-5-11-20-17/h4-8,11,14,21H,9-10,12-13H2,1-3H3/b8-6+. The maximum absolute atomic E-state index is 12.8. The molecule has 1 N–H and O–H groups in total. The van der Waals surface area contributed by atoms with Crippen LogP contribution in [0.3, 0.4) is 0 Å². The fourth-order valence-electron chi connectivity index (χ4n) is 3.22. The SMILES string of the molecule is CN(C)C/C=C/C(=O)N(C)C1CCc2[nH]n(-c3ccccn3)c(=O)c2C1. The summed E-state index contributed by atoms with van der Waals surface area (Å²) in [5, 5.41) is 3.17. The number of likely N-dealkylation sites (N-methyl/N-ethyl adjacent to an activating group) is 2. The molecule has 138 valence electrons. The number of hydrogen-bond acceptors (Lipinski definition) is 4. The van der Waals surface area contributed by atoms with Gasteiger partial charge in [0, 0.05) is 49.6 Å². The second kappa shape index (κ2) is 7.70. The highest BCUT2D eigenvalue weighted by molar-refractivity contribution is 5.87. The molecule has 0 radical (unpaired) electrons. The fraction of sp³-hybridized carbons (Fsp3) is 0.421. The number of carbonyl (C=O) groups excluding carboxylic acids is 1. The molecule has 2 heterocycles. The Morgan fingerprint density at radius 2 is 2.19 bits per heavy atom. The molecule has 2 aromatic heterocycles. The van der Waals surface area contributed by atoms with Crippen LogP contribution in [0.5, 0.6) is 0 Å². The topological polar surface area (TPSA) is 74.2 Å². The number of carbonyl (C=O) groups is 1. The van der Waals surface area contributed by atoms with Crippen molar-refractivity contribution in [3.8, 4) is 5.82 Å². The average molecular weight is 355 g/mol. The molecule has 0 saturated carbocycles. The van der Waals surface area contributed by atoms with E-state index in [1.807, 2.05) is 44.3 Å². The monoisotopic (exact) mass is 355 g/mol. The maximum Gasteiger partial charge on any atom is 0.276 e. The van der Waals surface area contributed by atoms with Crippen LogP contribution in [0.15, 0.2) is 41.3 Å². The Morgan fingerprint density at radius 3 is 2.88 bits per heavy atom. The molecule has 26 heavy (non-hydrogen) atoms. The Hall–Kier alpha value is -2.67. The molecule has 7 nitrogen and oxygen atoms in total. The van der Waals surface area contributed by atoms with E-state index < -0.39 is 0 Å². The van der Waals surface area contributed by atoms with Crippen molar-refractivity contribution in [1.29, 1.82) is 0 Å². The minimum absolute atomic E-state index is 0.0270. The number of nitrogens with zero attached hydrogens (tertiary/aromatic N) is 4. The molecular weight excluding hydrogens is 330 g/mol. The first kappa shape index (κ1) is 18.1. The van der Waals surface area contributed by atoms with Gasteiger partial charge in [-0.3, -0.25) is 14.7 Å². The molecule has 1 aliphatic rings. The second-order valence-electron chi connectivity index (χ2n) is 6.91. The lowest BCUT2D eigenvalue weighted by molar-refractivity contribution is -0.127. The first-order valence-corrected chi connectivity index (χ1v) is 8.79. The number of aromatic amines is 1. The maximum atomic E-state index is 12.8. The van der Waals surface area contributed by atoms with Crippen LogP contribution in [-0.4, -0.2) is 64.2 Å². The summed E-state index contributed by atoms with van der Waals surface area (Å²) in [7, 11) is 5.72. The number of H-pyrrole nitrogens is 1. The summed E-state index contributed by atoms with van der Waals surface area (Å²) in [6.07, 6.45) is 7.27. The molecule has 3 rings (SSSR count). The number of aromatic nitrogens is 3. The Bertz CT molecular complexity index is 851. The fourth-order valence-corrected chi connectivity index (χ4v) is 3.22. The third kappa shape index (κ3) is 3.77. The van der Waals surface area contributed by atoms with Gasteiger partial charge in [0.2, 0.25) is 5.91 Å². The quantitative estimate of drug-likeness (QED) is 0.812. The van der Waals surface area contributed by atoms with Crippen molar-refractivity contribution in [3.05, 3.63) is 58.2 Å². The number of aryl methyl sites for hydroxylation is 1. The summed E-state index contributed by atoms with van der Waals surface area (Å²) in [5.74, 6) is 0.556. The minimum atomic E-state index is -0.0765. The molecule has 0 aliphatic heterocycles. The van der Waals surface area contributed by atoms with Gasteiger partial charge in [0.25, 0.3) is 5.56 Å². The van der Waals surface area contributed by atoms with E-state index in [0.29, 0.717) is 12.2 Å². The zero-order chi connectivity index (χ0) is 18.7. The van der Waals surface area contributed by atoms with Crippen molar-refractivity contribution in [3.63, 3.8) is 0 Å². The summed E-state index contributed by atoms with van der Waals surface area (Å²) in [4.78, 5) is 33.1. The van der Waals surface area contributed by atoms with Crippen molar-refractivity contribution in [2.24, 2.45) is 0 Å². The number of nitrogens with one attached hydrogen (secondary N) is 1. The number of amides is 1. The van der Waals surface area contributed by atoms with Gasteiger partial charge in [0.05, 0.1) is 0 Å². The molecule has 1 aliphatic carbocycles. The van der Waals surface area contributed by atoms with E-state index >= 15 is 0 Å². The lowest BCUT2D eigenvalue weighted by Gasteiger charge is -2.30. The van der Waals surface area contributed by atoms with Gasteiger partial charge in [-0.25, -0.2) is 9.67 Å². The van der Waals surface area contributed by atoms with Crippen molar-refractivity contribution in [2.45, 2.75) is 25.3 Å². The molecule has 0 aromatic carbocycles. The lowest BCUT2D eigenvalue weighted by atomic mass is 9.92. The predicted octanol–water partition coefficient (Wildman–Crippen LogP) is 0.994. The predicted molar refractivity (Wildman–Crippen MR) is 100 cm³/mol. The van der Waals surface area contributed by atoms with Crippen LogP contribution in [0.1, 0.15) is 17.7 Å². The number of pyridine rings is 1. The minimum Gasteiger partial charge on any atom is -0.339 e. The van der Waals surface area contributed by atoms with Gasteiger partial charge < -0.3 is 9.80 Å². The van der Waals surface area contributed by atoms with Gasteiger partial charge in [0.1, 0.15) is 0 Å². The van der Waals surface area contributed by atoms with E-state index in [1.165, 1.54) is 4.68 Å². The van der Waals surface area contributed by atoms with E-state index in [-0.39, 0.29) is 17.5 Å². The molecule has 1 atom stereocenters. The van der Waals surface area contributed by atoms with Crippen LogP contribution in [0.2, 0.25) is 0 Å². The molecule has 2 aromatic rings. The Balaban J connectivity index is 1.75. The molecule has 1 amide bonds. The molecule has 1 unspecified atom stereocenters. The summed E-state index contributed by atoms with van der Waals surface area (Å²) in [5.41, 5.74) is 1.62. The van der Waals surface area contributed by atoms with E-state index in [1.54, 1.807) is 23.2 Å². The summed E-state index contributed by atoms with van der Waals surface area (Å²) < 4.78 is 1.49. The first-order chi connectivity index (χ1) is 12.5. The van der Waals surface area contributed by atoms with Gasteiger partial charge in [-0.05, 0) is 39.1 Å². The molecular formula is C19H25N5O2. The van der Waals surface area contributed by atoms with Crippen LogP contribution in [0.4, 0.5) is 0 Å². The van der Waals surface area contributed by atoms with Crippen LogP contribution in [0.25, 0.3) is 5.82 Å². The molecule has 0 fully saturated rings. The third-order valence-corrected chi connectivity index (χ3v) is 4.74. The van der Waals surface area contributed by atoms with E-state index in [2.05, 4.69) is 10.1 Å². The zero-order valence-corrected chi connectivity index (χ0v) is 15.5. The lowest BCUT2D eigenvalue weighted by Crippen LogP contribution is -2.40. The average Bonchev–Trinajstić information content (AvgIpc) is 2.97. The summed E-state index contributed by atoms with van der Waals surface area (Å²) in [6.45, 7) is 0.723. The van der Waals surface area contributed by atoms with Crippen LogP contribution in [-0.2, 0) is 17.6 Å². The number of fused-ring (bicyclic) bond motifs is 1. The zero-order valence-electron chi connectivity index (χ0n) is 15.5. The van der Waals surface area contributed by atoms with E-state index in [4.69, 9.17) is 0 Å². The Labute approximate surface area is 152 Å². The highest BCUT2D eigenvalue weighted by Gasteiger charge is 2.28. The highest BCUT2D eigenvalue weighted by Crippen LogP contribution is 2.21. The first-order valence-electron chi connectivity index (χ1n) is 8.79. The van der Waals surface area contributed by atoms with Crippen molar-refractivity contribution in [1.82, 2.24) is 24.6 Å². The van der Waals surface area contributed by atoms with E-state index in [0.717, 1.165) is 30.6 Å².